The number of nitrogens with zero attached hydrogens (tertiary/aromatic N) is 2. The molecule has 2 rings (SSSR count). The van der Waals surface area contributed by atoms with Gasteiger partial charge >= 0.3 is 0 Å². The summed E-state index contributed by atoms with van der Waals surface area (Å²) in [5, 5.41) is 6.06. The second-order valence-corrected chi connectivity index (χ2v) is 7.12. The number of nitrogens with one attached hydrogen (secondary N) is 2. The summed E-state index contributed by atoms with van der Waals surface area (Å²) in [6.45, 7) is 8.77. The fourth-order valence-corrected chi connectivity index (χ4v) is 2.74. The molecule has 0 aliphatic carbocycles. The summed E-state index contributed by atoms with van der Waals surface area (Å²) in [5.41, 5.74) is 3.13. The Labute approximate surface area is 151 Å². The number of halogens is 1. The molecule has 1 aromatic carbocycles. The zero-order valence-electron chi connectivity index (χ0n) is 14.5. The molecule has 0 saturated carbocycles. The molecule has 128 valence electrons. The van der Waals surface area contributed by atoms with Gasteiger partial charge in [0.1, 0.15) is 5.69 Å². The summed E-state index contributed by atoms with van der Waals surface area (Å²) in [5.74, 6) is 0.786. The Bertz CT molecular complexity index is 731. The molecule has 6 heteroatoms. The average molecular weight is 391 g/mol. The molecule has 0 spiro atoms. The number of carbonyl (C=O) groups is 1. The van der Waals surface area contributed by atoms with E-state index in [0.717, 1.165) is 27.8 Å². The lowest BCUT2D eigenvalue weighted by atomic mass is 10.1. The van der Waals surface area contributed by atoms with Crippen LogP contribution in [0.4, 0.5) is 11.6 Å². The highest BCUT2D eigenvalue weighted by Gasteiger charge is 2.11. The van der Waals surface area contributed by atoms with Crippen LogP contribution in [0.15, 0.2) is 28.7 Å². The van der Waals surface area contributed by atoms with E-state index in [4.69, 9.17) is 0 Å². The maximum Gasteiger partial charge on any atom is 0.270 e. The summed E-state index contributed by atoms with van der Waals surface area (Å²) >= 11 is 3.52. The molecule has 24 heavy (non-hydrogen) atoms. The minimum atomic E-state index is -0.174. The minimum absolute atomic E-state index is 0.174. The summed E-state index contributed by atoms with van der Waals surface area (Å²) in [6, 6.07) is 7.66. The third kappa shape index (κ3) is 5.30. The fourth-order valence-electron chi connectivity index (χ4n) is 2.15. The van der Waals surface area contributed by atoms with Gasteiger partial charge in [0.25, 0.3) is 5.91 Å². The van der Waals surface area contributed by atoms with E-state index < -0.39 is 0 Å². The predicted molar refractivity (Wildman–Crippen MR) is 101 cm³/mol. The molecule has 0 aliphatic rings. The first kappa shape index (κ1) is 18.4. The van der Waals surface area contributed by atoms with Gasteiger partial charge < -0.3 is 10.6 Å². The highest BCUT2D eigenvalue weighted by molar-refractivity contribution is 9.10. The van der Waals surface area contributed by atoms with Crippen molar-refractivity contribution >= 4 is 33.5 Å². The molecular weight excluding hydrogens is 368 g/mol. The Kier molecular flexibility index (Phi) is 6.31. The zero-order chi connectivity index (χ0) is 17.7. The third-order valence-electron chi connectivity index (χ3n) is 3.47. The second-order valence-electron chi connectivity index (χ2n) is 6.26. The summed E-state index contributed by atoms with van der Waals surface area (Å²) in [4.78, 5) is 21.0. The van der Waals surface area contributed by atoms with E-state index in [0.29, 0.717) is 24.1 Å². The molecule has 0 bridgehead atoms. The number of amides is 1. The molecule has 0 atom stereocenters. The van der Waals surface area contributed by atoms with Gasteiger partial charge in [0.15, 0.2) is 0 Å². The predicted octanol–water partition coefficient (Wildman–Crippen LogP) is 4.38. The van der Waals surface area contributed by atoms with E-state index in [9.17, 15) is 4.79 Å². The van der Waals surface area contributed by atoms with Crippen molar-refractivity contribution in [3.8, 4) is 0 Å². The Morgan fingerprint density at radius 3 is 2.62 bits per heavy atom. The largest absolute Gasteiger partial charge is 0.351 e. The number of rotatable bonds is 6. The van der Waals surface area contributed by atoms with Gasteiger partial charge in [-0.1, -0.05) is 19.9 Å². The fraction of sp³-hybridized carbons (Fsp3) is 0.389. The standard InChI is InChI=1S/C18H23BrN4O/c1-11(2)7-8-20-17(24)16-10-13(4)21-18(23-16)22-15-6-5-12(3)9-14(15)19/h5-6,9-11H,7-8H2,1-4H3,(H,20,24)(H,21,22,23). The maximum absolute atomic E-state index is 12.3. The average Bonchev–Trinajstić information content (AvgIpc) is 2.49. The number of aryl methyl sites for hydroxylation is 2. The van der Waals surface area contributed by atoms with Gasteiger partial charge in [0, 0.05) is 16.7 Å². The van der Waals surface area contributed by atoms with Crippen LogP contribution in [-0.2, 0) is 0 Å². The quantitative estimate of drug-likeness (QED) is 0.767. The number of carbonyl (C=O) groups excluding carboxylic acids is 1. The molecule has 0 unspecified atom stereocenters. The normalized spacial score (nSPS) is 10.8. The van der Waals surface area contributed by atoms with Crippen molar-refractivity contribution in [2.24, 2.45) is 5.92 Å². The van der Waals surface area contributed by atoms with Crippen molar-refractivity contribution in [3.05, 3.63) is 45.7 Å². The molecule has 2 aromatic rings. The number of anilines is 2. The molecular formula is C18H23BrN4O. The molecule has 5 nitrogen and oxygen atoms in total. The van der Waals surface area contributed by atoms with Gasteiger partial charge in [-0.2, -0.15) is 0 Å². The van der Waals surface area contributed by atoms with E-state index in [-0.39, 0.29) is 5.91 Å². The van der Waals surface area contributed by atoms with Crippen LogP contribution < -0.4 is 10.6 Å². The van der Waals surface area contributed by atoms with Crippen molar-refractivity contribution in [2.75, 3.05) is 11.9 Å². The van der Waals surface area contributed by atoms with Crippen molar-refractivity contribution in [2.45, 2.75) is 34.1 Å². The van der Waals surface area contributed by atoms with Crippen LogP contribution in [0.3, 0.4) is 0 Å². The van der Waals surface area contributed by atoms with Crippen LogP contribution in [-0.4, -0.2) is 22.4 Å². The van der Waals surface area contributed by atoms with Crippen LogP contribution in [0.25, 0.3) is 0 Å². The Morgan fingerprint density at radius 1 is 1.21 bits per heavy atom. The first-order valence-electron chi connectivity index (χ1n) is 8.02. The van der Waals surface area contributed by atoms with Gasteiger partial charge in [0.05, 0.1) is 5.69 Å². The monoisotopic (exact) mass is 390 g/mol. The van der Waals surface area contributed by atoms with E-state index in [2.05, 4.69) is 50.4 Å². The summed E-state index contributed by atoms with van der Waals surface area (Å²) < 4.78 is 0.926. The maximum atomic E-state index is 12.3. The van der Waals surface area contributed by atoms with Gasteiger partial charge in [0.2, 0.25) is 5.95 Å². The first-order chi connectivity index (χ1) is 11.3. The number of benzene rings is 1. The number of hydrogen-bond donors (Lipinski definition) is 2. The molecule has 0 radical (unpaired) electrons. The van der Waals surface area contributed by atoms with Gasteiger partial charge in [-0.15, -0.1) is 0 Å². The van der Waals surface area contributed by atoms with Crippen LogP contribution in [0.2, 0.25) is 0 Å². The SMILES string of the molecule is Cc1ccc(Nc2nc(C)cc(C(=O)NCCC(C)C)n2)c(Br)c1. The second kappa shape index (κ2) is 8.24. The van der Waals surface area contributed by atoms with Crippen molar-refractivity contribution in [1.29, 1.82) is 0 Å². The van der Waals surface area contributed by atoms with Gasteiger partial charge in [-0.3, -0.25) is 4.79 Å². The third-order valence-corrected chi connectivity index (χ3v) is 4.12. The van der Waals surface area contributed by atoms with Crippen LogP contribution in [0, 0.1) is 19.8 Å². The van der Waals surface area contributed by atoms with E-state index in [1.165, 1.54) is 0 Å². The zero-order valence-corrected chi connectivity index (χ0v) is 16.1. The highest BCUT2D eigenvalue weighted by atomic mass is 79.9. The summed E-state index contributed by atoms with van der Waals surface area (Å²) in [7, 11) is 0. The van der Waals surface area contributed by atoms with Crippen LogP contribution in [0.5, 0.6) is 0 Å². The molecule has 0 saturated heterocycles. The molecule has 1 amide bonds. The Balaban J connectivity index is 2.14. The topological polar surface area (TPSA) is 66.9 Å². The lowest BCUT2D eigenvalue weighted by Crippen LogP contribution is -2.26. The smallest absolute Gasteiger partial charge is 0.270 e. The van der Waals surface area contributed by atoms with E-state index in [1.807, 2.05) is 32.0 Å². The lowest BCUT2D eigenvalue weighted by Gasteiger charge is -2.11. The van der Waals surface area contributed by atoms with Crippen LogP contribution in [0.1, 0.15) is 42.0 Å². The van der Waals surface area contributed by atoms with Crippen molar-refractivity contribution < 1.29 is 4.79 Å². The number of hydrogen-bond acceptors (Lipinski definition) is 4. The van der Waals surface area contributed by atoms with Crippen molar-refractivity contribution in [1.82, 2.24) is 15.3 Å². The molecule has 0 fully saturated rings. The summed E-state index contributed by atoms with van der Waals surface area (Å²) in [6.07, 6.45) is 0.942. The highest BCUT2D eigenvalue weighted by Crippen LogP contribution is 2.25. The van der Waals surface area contributed by atoms with Gasteiger partial charge in [-0.05, 0) is 65.9 Å². The molecule has 0 aliphatic heterocycles. The lowest BCUT2D eigenvalue weighted by molar-refractivity contribution is 0.0947. The van der Waals surface area contributed by atoms with Crippen molar-refractivity contribution in [3.63, 3.8) is 0 Å². The number of aromatic nitrogens is 2. The molecule has 2 N–H and O–H groups in total. The first-order valence-corrected chi connectivity index (χ1v) is 8.81. The van der Waals surface area contributed by atoms with Gasteiger partial charge in [-0.25, -0.2) is 9.97 Å². The van der Waals surface area contributed by atoms with Crippen LogP contribution >= 0.6 is 15.9 Å². The molecule has 1 heterocycles. The minimum Gasteiger partial charge on any atom is -0.351 e. The Hall–Kier alpha value is -1.95. The van der Waals surface area contributed by atoms with E-state index in [1.54, 1.807) is 6.07 Å². The molecule has 1 aromatic heterocycles. The Morgan fingerprint density at radius 2 is 1.96 bits per heavy atom. The van der Waals surface area contributed by atoms with E-state index >= 15 is 0 Å².